The number of rotatable bonds is 5. The number of carbonyl (C=O) groups is 1. The molecule has 4 nitrogen and oxygen atoms in total. The van der Waals surface area contributed by atoms with Crippen LogP contribution in [0.15, 0.2) is 91.1 Å². The average Bonchev–Trinajstić information content (AvgIpc) is 3.17. The molecule has 1 N–H and O–H groups in total. The van der Waals surface area contributed by atoms with Gasteiger partial charge < -0.3 is 9.30 Å². The quantitative estimate of drug-likeness (QED) is 0.509. The molecule has 0 fully saturated rings. The van der Waals surface area contributed by atoms with Gasteiger partial charge in [0.15, 0.2) is 0 Å². The summed E-state index contributed by atoms with van der Waals surface area (Å²) < 4.78 is 7.54. The molecule has 1 amide bonds. The van der Waals surface area contributed by atoms with E-state index >= 15 is 0 Å². The maximum Gasteiger partial charge on any atom is 0.409 e. The SMILES string of the molecule is Cc1cccc2ccn(C(NC(=O)OCc3ccccc3)c3ccccc3)c12. The van der Waals surface area contributed by atoms with Crippen LogP contribution in [-0.2, 0) is 11.3 Å². The van der Waals surface area contributed by atoms with Gasteiger partial charge >= 0.3 is 6.09 Å². The zero-order chi connectivity index (χ0) is 19.3. The predicted molar refractivity (Wildman–Crippen MR) is 111 cm³/mol. The van der Waals surface area contributed by atoms with Crippen molar-refractivity contribution in [1.29, 1.82) is 0 Å². The summed E-state index contributed by atoms with van der Waals surface area (Å²) in [7, 11) is 0. The molecule has 4 aromatic rings. The monoisotopic (exact) mass is 370 g/mol. The summed E-state index contributed by atoms with van der Waals surface area (Å²) in [6.07, 6.45) is 1.20. The second-order valence-corrected chi connectivity index (χ2v) is 6.76. The second-order valence-electron chi connectivity index (χ2n) is 6.76. The molecule has 0 aliphatic rings. The fourth-order valence-electron chi connectivity index (χ4n) is 3.44. The van der Waals surface area contributed by atoms with Crippen LogP contribution in [0.25, 0.3) is 10.9 Å². The van der Waals surface area contributed by atoms with E-state index in [0.717, 1.165) is 27.6 Å². The van der Waals surface area contributed by atoms with Crippen LogP contribution < -0.4 is 5.32 Å². The van der Waals surface area contributed by atoms with E-state index < -0.39 is 6.09 Å². The number of para-hydroxylation sites is 1. The van der Waals surface area contributed by atoms with Crippen molar-refractivity contribution in [3.63, 3.8) is 0 Å². The number of nitrogens with one attached hydrogen (secondary N) is 1. The molecule has 3 aromatic carbocycles. The molecular formula is C24H22N2O2. The van der Waals surface area contributed by atoms with Gasteiger partial charge in [0.1, 0.15) is 12.8 Å². The van der Waals surface area contributed by atoms with Crippen molar-refractivity contribution in [2.75, 3.05) is 0 Å². The molecule has 140 valence electrons. The van der Waals surface area contributed by atoms with Crippen molar-refractivity contribution in [2.45, 2.75) is 19.7 Å². The molecular weight excluding hydrogens is 348 g/mol. The summed E-state index contributed by atoms with van der Waals surface area (Å²) in [5.41, 5.74) is 4.19. The van der Waals surface area contributed by atoms with E-state index in [0.29, 0.717) is 0 Å². The highest BCUT2D eigenvalue weighted by Gasteiger charge is 2.19. The first-order valence-corrected chi connectivity index (χ1v) is 9.31. The number of nitrogens with zero attached hydrogens (tertiary/aromatic N) is 1. The van der Waals surface area contributed by atoms with Crippen LogP contribution in [-0.4, -0.2) is 10.7 Å². The van der Waals surface area contributed by atoms with Crippen LogP contribution in [0.1, 0.15) is 22.9 Å². The first-order chi connectivity index (χ1) is 13.7. The molecule has 0 spiro atoms. The normalized spacial score (nSPS) is 11.9. The minimum Gasteiger partial charge on any atom is -0.445 e. The number of fused-ring (bicyclic) bond motifs is 1. The van der Waals surface area contributed by atoms with Crippen LogP contribution >= 0.6 is 0 Å². The van der Waals surface area contributed by atoms with E-state index in [1.807, 2.05) is 72.9 Å². The van der Waals surface area contributed by atoms with Crippen LogP contribution in [0.4, 0.5) is 4.79 Å². The molecule has 0 saturated heterocycles. The number of carbonyl (C=O) groups excluding carboxylic acids is 1. The van der Waals surface area contributed by atoms with E-state index in [9.17, 15) is 4.79 Å². The molecule has 0 aliphatic heterocycles. The first kappa shape index (κ1) is 17.9. The zero-order valence-electron chi connectivity index (χ0n) is 15.7. The lowest BCUT2D eigenvalue weighted by molar-refractivity contribution is 0.134. The Morgan fingerprint density at radius 2 is 1.64 bits per heavy atom. The van der Waals surface area contributed by atoms with Crippen LogP contribution in [0.5, 0.6) is 0 Å². The number of aryl methyl sites for hydroxylation is 1. The zero-order valence-corrected chi connectivity index (χ0v) is 15.7. The van der Waals surface area contributed by atoms with Crippen molar-refractivity contribution >= 4 is 17.0 Å². The number of hydrogen-bond acceptors (Lipinski definition) is 2. The fourth-order valence-corrected chi connectivity index (χ4v) is 3.44. The second kappa shape index (κ2) is 8.01. The van der Waals surface area contributed by atoms with E-state index in [-0.39, 0.29) is 12.8 Å². The maximum atomic E-state index is 12.6. The Balaban J connectivity index is 1.62. The van der Waals surface area contributed by atoms with E-state index in [4.69, 9.17) is 4.74 Å². The van der Waals surface area contributed by atoms with Gasteiger partial charge in [-0.2, -0.15) is 0 Å². The number of amides is 1. The van der Waals surface area contributed by atoms with Crippen molar-refractivity contribution in [1.82, 2.24) is 9.88 Å². The first-order valence-electron chi connectivity index (χ1n) is 9.31. The Morgan fingerprint density at radius 3 is 2.39 bits per heavy atom. The smallest absolute Gasteiger partial charge is 0.409 e. The van der Waals surface area contributed by atoms with Crippen molar-refractivity contribution in [3.05, 3.63) is 108 Å². The minimum absolute atomic E-state index is 0.236. The third-order valence-corrected chi connectivity index (χ3v) is 4.80. The number of hydrogen-bond donors (Lipinski definition) is 1. The van der Waals surface area contributed by atoms with Gasteiger partial charge in [0.05, 0.1) is 5.52 Å². The van der Waals surface area contributed by atoms with Crippen molar-refractivity contribution in [3.8, 4) is 0 Å². The number of aromatic nitrogens is 1. The Labute approximate surface area is 164 Å². The van der Waals surface area contributed by atoms with E-state index in [1.165, 1.54) is 0 Å². The predicted octanol–water partition coefficient (Wildman–Crippen LogP) is 5.42. The molecule has 1 aromatic heterocycles. The Bertz CT molecular complexity index is 1070. The van der Waals surface area contributed by atoms with Crippen molar-refractivity contribution < 1.29 is 9.53 Å². The third kappa shape index (κ3) is 3.76. The van der Waals surface area contributed by atoms with Gasteiger partial charge in [-0.05, 0) is 35.1 Å². The van der Waals surface area contributed by atoms with Gasteiger partial charge in [-0.15, -0.1) is 0 Å². The molecule has 1 unspecified atom stereocenters. The summed E-state index contributed by atoms with van der Waals surface area (Å²) in [5.74, 6) is 0. The Kier molecular flexibility index (Phi) is 5.11. The molecule has 0 saturated carbocycles. The Hall–Kier alpha value is -3.53. The third-order valence-electron chi connectivity index (χ3n) is 4.80. The molecule has 28 heavy (non-hydrogen) atoms. The van der Waals surface area contributed by atoms with Crippen LogP contribution in [0, 0.1) is 6.92 Å². The summed E-state index contributed by atoms with van der Waals surface area (Å²) in [6.45, 7) is 2.31. The molecule has 0 aliphatic carbocycles. The summed E-state index contributed by atoms with van der Waals surface area (Å²) in [6, 6.07) is 27.8. The van der Waals surface area contributed by atoms with Crippen molar-refractivity contribution in [2.24, 2.45) is 0 Å². The highest BCUT2D eigenvalue weighted by molar-refractivity contribution is 5.83. The highest BCUT2D eigenvalue weighted by Crippen LogP contribution is 2.26. The molecule has 0 bridgehead atoms. The molecule has 4 heteroatoms. The van der Waals surface area contributed by atoms with Crippen LogP contribution in [0.2, 0.25) is 0 Å². The number of ether oxygens (including phenoxy) is 1. The van der Waals surface area contributed by atoms with Gasteiger partial charge in [-0.25, -0.2) is 4.79 Å². The summed E-state index contributed by atoms with van der Waals surface area (Å²) >= 11 is 0. The van der Waals surface area contributed by atoms with Gasteiger partial charge in [0.25, 0.3) is 0 Å². The van der Waals surface area contributed by atoms with Gasteiger partial charge in [-0.3, -0.25) is 5.32 Å². The fraction of sp³-hybridized carbons (Fsp3) is 0.125. The molecule has 0 radical (unpaired) electrons. The number of alkyl carbamates (subject to hydrolysis) is 1. The van der Waals surface area contributed by atoms with E-state index in [1.54, 1.807) is 0 Å². The topological polar surface area (TPSA) is 43.3 Å². The Morgan fingerprint density at radius 1 is 0.929 bits per heavy atom. The standard InChI is InChI=1S/C24H22N2O2/c1-18-9-8-14-20-15-16-26(22(18)20)23(21-12-6-3-7-13-21)25-24(27)28-17-19-10-4-2-5-11-19/h2-16,23H,17H2,1H3,(H,25,27). The molecule has 4 rings (SSSR count). The molecule has 1 atom stereocenters. The summed E-state index contributed by atoms with van der Waals surface area (Å²) in [5, 5.41) is 4.17. The number of benzene rings is 3. The van der Waals surface area contributed by atoms with Gasteiger partial charge in [-0.1, -0.05) is 78.9 Å². The van der Waals surface area contributed by atoms with Gasteiger partial charge in [0.2, 0.25) is 0 Å². The lowest BCUT2D eigenvalue weighted by Crippen LogP contribution is -2.33. The lowest BCUT2D eigenvalue weighted by atomic mass is 10.1. The minimum atomic E-state index is -0.451. The largest absolute Gasteiger partial charge is 0.445 e. The van der Waals surface area contributed by atoms with Gasteiger partial charge in [0, 0.05) is 6.20 Å². The maximum absolute atomic E-state index is 12.6. The lowest BCUT2D eigenvalue weighted by Gasteiger charge is -2.22. The van der Waals surface area contributed by atoms with Crippen LogP contribution in [0.3, 0.4) is 0 Å². The summed E-state index contributed by atoms with van der Waals surface area (Å²) in [4.78, 5) is 12.6. The van der Waals surface area contributed by atoms with E-state index in [2.05, 4.69) is 35.0 Å². The highest BCUT2D eigenvalue weighted by atomic mass is 16.5. The molecule has 1 heterocycles. The average molecular weight is 370 g/mol.